The molecule has 0 aromatic carbocycles. The second-order valence-corrected chi connectivity index (χ2v) is 4.83. The first-order valence-corrected chi connectivity index (χ1v) is 6.32. The van der Waals surface area contributed by atoms with E-state index < -0.39 is 5.97 Å². The molecule has 0 aromatic rings. The number of carboxylic acid groups (broad SMARTS) is 1. The van der Waals surface area contributed by atoms with Crippen LogP contribution < -0.4 is 5.32 Å². The van der Waals surface area contributed by atoms with Crippen LogP contribution in [0.2, 0.25) is 0 Å². The molecule has 1 aliphatic heterocycles. The van der Waals surface area contributed by atoms with Crippen molar-refractivity contribution in [3.05, 3.63) is 0 Å². The number of hydrogen-bond donors (Lipinski definition) is 2. The van der Waals surface area contributed by atoms with Crippen LogP contribution in [0.3, 0.4) is 0 Å². The molecule has 6 heteroatoms. The van der Waals surface area contributed by atoms with Gasteiger partial charge in [-0.15, -0.1) is 0 Å². The van der Waals surface area contributed by atoms with Gasteiger partial charge >= 0.3 is 5.97 Å². The smallest absolute Gasteiger partial charge is 0.305 e. The molecule has 0 aliphatic carbocycles. The maximum absolute atomic E-state index is 11.5. The van der Waals surface area contributed by atoms with E-state index >= 15 is 0 Å². The number of carbonyl (C=O) groups excluding carboxylic acids is 1. The molecule has 0 radical (unpaired) electrons. The van der Waals surface area contributed by atoms with Gasteiger partial charge in [-0.2, -0.15) is 0 Å². The molecule has 1 saturated heterocycles. The summed E-state index contributed by atoms with van der Waals surface area (Å²) in [6.45, 7) is 6.13. The largest absolute Gasteiger partial charge is 0.481 e. The van der Waals surface area contributed by atoms with Crippen LogP contribution in [0.1, 0.15) is 26.7 Å². The highest BCUT2D eigenvalue weighted by Crippen LogP contribution is 2.11. The van der Waals surface area contributed by atoms with E-state index in [0.717, 1.165) is 0 Å². The Balaban J connectivity index is 2.37. The van der Waals surface area contributed by atoms with Crippen LogP contribution in [0.5, 0.6) is 0 Å². The molecule has 1 atom stereocenters. The third kappa shape index (κ3) is 5.46. The van der Waals surface area contributed by atoms with E-state index in [-0.39, 0.29) is 24.4 Å². The minimum Gasteiger partial charge on any atom is -0.481 e. The summed E-state index contributed by atoms with van der Waals surface area (Å²) >= 11 is 0. The lowest BCUT2D eigenvalue weighted by Crippen LogP contribution is -2.47. The Labute approximate surface area is 107 Å². The van der Waals surface area contributed by atoms with Crippen molar-refractivity contribution in [2.24, 2.45) is 0 Å². The van der Waals surface area contributed by atoms with Crippen LogP contribution in [0.15, 0.2) is 0 Å². The van der Waals surface area contributed by atoms with Crippen molar-refractivity contribution in [3.63, 3.8) is 0 Å². The highest BCUT2D eigenvalue weighted by atomic mass is 16.5. The second kappa shape index (κ2) is 7.33. The number of rotatable bonds is 6. The summed E-state index contributed by atoms with van der Waals surface area (Å²) in [5, 5.41) is 11.6. The molecule has 1 heterocycles. The van der Waals surface area contributed by atoms with E-state index in [9.17, 15) is 9.59 Å². The molecule has 1 aliphatic rings. The van der Waals surface area contributed by atoms with Crippen LogP contribution >= 0.6 is 0 Å². The van der Waals surface area contributed by atoms with Crippen molar-refractivity contribution in [1.82, 2.24) is 10.2 Å². The summed E-state index contributed by atoms with van der Waals surface area (Å²) < 4.78 is 5.28. The van der Waals surface area contributed by atoms with Crippen molar-refractivity contribution in [3.8, 4) is 0 Å². The maximum atomic E-state index is 11.5. The fourth-order valence-electron chi connectivity index (χ4n) is 2.01. The molecule has 0 aromatic heterocycles. The topological polar surface area (TPSA) is 78.9 Å². The Hall–Kier alpha value is -1.14. The van der Waals surface area contributed by atoms with Crippen molar-refractivity contribution in [2.45, 2.75) is 38.8 Å². The summed E-state index contributed by atoms with van der Waals surface area (Å²) in [7, 11) is 0. The molecule has 104 valence electrons. The van der Waals surface area contributed by atoms with E-state index in [1.165, 1.54) is 0 Å². The molecule has 1 fully saturated rings. The molecule has 0 spiro atoms. The Morgan fingerprint density at radius 2 is 2.22 bits per heavy atom. The summed E-state index contributed by atoms with van der Waals surface area (Å²) in [5.74, 6) is -0.826. The Kier molecular flexibility index (Phi) is 6.07. The van der Waals surface area contributed by atoms with Gasteiger partial charge in [0.1, 0.15) is 0 Å². The molecular weight excluding hydrogens is 236 g/mol. The average Bonchev–Trinajstić information content (AvgIpc) is 2.26. The van der Waals surface area contributed by atoms with E-state index in [2.05, 4.69) is 5.32 Å². The molecular formula is C12H22N2O4. The van der Waals surface area contributed by atoms with E-state index in [0.29, 0.717) is 32.7 Å². The van der Waals surface area contributed by atoms with Gasteiger partial charge in [0.05, 0.1) is 19.6 Å². The van der Waals surface area contributed by atoms with E-state index in [4.69, 9.17) is 9.84 Å². The Morgan fingerprint density at radius 1 is 1.50 bits per heavy atom. The number of carbonyl (C=O) groups is 2. The highest BCUT2D eigenvalue weighted by Gasteiger charge is 2.25. The van der Waals surface area contributed by atoms with Crippen LogP contribution in [0.4, 0.5) is 0 Å². The Morgan fingerprint density at radius 3 is 2.83 bits per heavy atom. The Bertz CT molecular complexity index is 294. The zero-order chi connectivity index (χ0) is 13.5. The van der Waals surface area contributed by atoms with Gasteiger partial charge in [-0.1, -0.05) is 0 Å². The number of nitrogens with one attached hydrogen (secondary N) is 1. The van der Waals surface area contributed by atoms with Gasteiger partial charge in [0.2, 0.25) is 5.91 Å². The molecule has 2 N–H and O–H groups in total. The van der Waals surface area contributed by atoms with E-state index in [1.54, 1.807) is 0 Å². The number of morpholine rings is 1. The van der Waals surface area contributed by atoms with Crippen molar-refractivity contribution >= 4 is 11.9 Å². The summed E-state index contributed by atoms with van der Waals surface area (Å²) in [6, 6.07) is 0.0140. The fraction of sp³-hybridized carbons (Fsp3) is 0.833. The average molecular weight is 258 g/mol. The second-order valence-electron chi connectivity index (χ2n) is 4.83. The molecule has 0 saturated carbocycles. The molecule has 1 unspecified atom stereocenters. The number of hydrogen-bond acceptors (Lipinski definition) is 4. The van der Waals surface area contributed by atoms with E-state index in [1.807, 2.05) is 18.7 Å². The van der Waals surface area contributed by atoms with Crippen LogP contribution in [-0.2, 0) is 14.3 Å². The van der Waals surface area contributed by atoms with Crippen LogP contribution in [0.25, 0.3) is 0 Å². The third-order valence-electron chi connectivity index (χ3n) is 2.84. The predicted molar refractivity (Wildman–Crippen MR) is 66.3 cm³/mol. The first-order valence-electron chi connectivity index (χ1n) is 6.32. The monoisotopic (exact) mass is 258 g/mol. The lowest BCUT2D eigenvalue weighted by molar-refractivity contribution is -0.140. The molecule has 6 nitrogen and oxygen atoms in total. The van der Waals surface area contributed by atoms with Crippen LogP contribution in [-0.4, -0.2) is 60.3 Å². The minimum atomic E-state index is -0.831. The predicted octanol–water partition coefficient (Wildman–Crippen LogP) is 0.0766. The zero-order valence-corrected chi connectivity index (χ0v) is 11.0. The molecule has 18 heavy (non-hydrogen) atoms. The third-order valence-corrected chi connectivity index (χ3v) is 2.84. The lowest BCUT2D eigenvalue weighted by Gasteiger charge is -2.34. The van der Waals surface area contributed by atoms with Crippen molar-refractivity contribution < 1.29 is 19.4 Å². The maximum Gasteiger partial charge on any atom is 0.305 e. The van der Waals surface area contributed by atoms with Gasteiger partial charge in [0, 0.05) is 31.6 Å². The number of nitrogens with zero attached hydrogens (tertiary/aromatic N) is 1. The van der Waals surface area contributed by atoms with Crippen molar-refractivity contribution in [1.29, 1.82) is 0 Å². The summed E-state index contributed by atoms with van der Waals surface area (Å²) in [6.07, 6.45) is 0.458. The van der Waals surface area contributed by atoms with Crippen LogP contribution in [0, 0.1) is 0 Å². The molecule has 0 bridgehead atoms. The minimum absolute atomic E-state index is 0.00515. The first-order chi connectivity index (χ1) is 8.49. The van der Waals surface area contributed by atoms with Gasteiger partial charge in [0.15, 0.2) is 0 Å². The summed E-state index contributed by atoms with van der Waals surface area (Å²) in [4.78, 5) is 24.3. The number of aliphatic carboxylic acids is 1. The quantitative estimate of drug-likeness (QED) is 0.705. The zero-order valence-electron chi connectivity index (χ0n) is 11.0. The number of carboxylic acids is 1. The van der Waals surface area contributed by atoms with Gasteiger partial charge in [-0.25, -0.2) is 0 Å². The SMILES string of the molecule is CC(C)NC(=O)CCN1CCOCC1CC(=O)O. The molecule has 1 amide bonds. The fourth-order valence-corrected chi connectivity index (χ4v) is 2.01. The van der Waals surface area contributed by atoms with Gasteiger partial charge < -0.3 is 15.2 Å². The number of ether oxygens (including phenoxy) is 1. The first kappa shape index (κ1) is 14.9. The summed E-state index contributed by atoms with van der Waals surface area (Å²) in [5.41, 5.74) is 0. The van der Waals surface area contributed by atoms with Gasteiger partial charge in [-0.3, -0.25) is 14.5 Å². The van der Waals surface area contributed by atoms with Crippen molar-refractivity contribution in [2.75, 3.05) is 26.3 Å². The lowest BCUT2D eigenvalue weighted by atomic mass is 10.1. The number of amides is 1. The van der Waals surface area contributed by atoms with Gasteiger partial charge in [-0.05, 0) is 13.8 Å². The normalized spacial score (nSPS) is 20.9. The van der Waals surface area contributed by atoms with Gasteiger partial charge in [0.25, 0.3) is 0 Å². The highest BCUT2D eigenvalue weighted by molar-refractivity contribution is 5.76. The molecule has 1 rings (SSSR count). The standard InChI is InChI=1S/C12H22N2O4/c1-9(2)13-11(15)3-4-14-5-6-18-8-10(14)7-12(16)17/h9-10H,3-8H2,1-2H3,(H,13,15)(H,16,17).